The first-order chi connectivity index (χ1) is 8.53. The van der Waals surface area contributed by atoms with Crippen LogP contribution < -0.4 is 5.73 Å². The zero-order valence-electron chi connectivity index (χ0n) is 11.8. The molecule has 0 aromatic carbocycles. The average molecular weight is 251 g/mol. The molecule has 0 aliphatic heterocycles. The highest BCUT2D eigenvalue weighted by Gasteiger charge is 2.36. The van der Waals surface area contributed by atoms with Crippen LogP contribution in [0.5, 0.6) is 0 Å². The predicted molar refractivity (Wildman–Crippen MR) is 71.3 cm³/mol. The van der Waals surface area contributed by atoms with Crippen LogP contribution in [0, 0.1) is 5.41 Å². The van der Waals surface area contributed by atoms with Crippen LogP contribution in [-0.2, 0) is 6.42 Å². The van der Waals surface area contributed by atoms with E-state index in [1.165, 1.54) is 19.3 Å². The van der Waals surface area contributed by atoms with Gasteiger partial charge in [-0.25, -0.2) is 0 Å². The third kappa shape index (κ3) is 2.91. The first-order valence-corrected chi connectivity index (χ1v) is 7.11. The lowest BCUT2D eigenvalue weighted by Gasteiger charge is -2.36. The fourth-order valence-electron chi connectivity index (χ4n) is 2.82. The van der Waals surface area contributed by atoms with Crippen LogP contribution in [0.15, 0.2) is 4.52 Å². The van der Waals surface area contributed by atoms with Gasteiger partial charge in [0, 0.05) is 18.4 Å². The van der Waals surface area contributed by atoms with Gasteiger partial charge in [-0.3, -0.25) is 0 Å². The second kappa shape index (κ2) is 5.39. The molecule has 2 N–H and O–H groups in total. The van der Waals surface area contributed by atoms with E-state index in [0.29, 0.717) is 12.3 Å². The van der Waals surface area contributed by atoms with Gasteiger partial charge in [-0.15, -0.1) is 0 Å². The number of nitrogens with zero attached hydrogens (tertiary/aromatic N) is 2. The van der Waals surface area contributed by atoms with Crippen molar-refractivity contribution in [2.24, 2.45) is 11.1 Å². The van der Waals surface area contributed by atoms with Gasteiger partial charge in [0.25, 0.3) is 0 Å². The lowest BCUT2D eigenvalue weighted by molar-refractivity contribution is 0.164. The quantitative estimate of drug-likeness (QED) is 0.893. The Morgan fingerprint density at radius 3 is 2.89 bits per heavy atom. The fraction of sp³-hybridized carbons (Fsp3) is 0.857. The van der Waals surface area contributed by atoms with Gasteiger partial charge in [0.1, 0.15) is 0 Å². The molecule has 1 heterocycles. The molecular weight excluding hydrogens is 226 g/mol. The Balaban J connectivity index is 2.09. The van der Waals surface area contributed by atoms with E-state index in [0.717, 1.165) is 24.6 Å². The van der Waals surface area contributed by atoms with E-state index in [2.05, 4.69) is 30.9 Å². The van der Waals surface area contributed by atoms with E-state index in [-0.39, 0.29) is 11.5 Å². The summed E-state index contributed by atoms with van der Waals surface area (Å²) in [6, 6.07) is 0.134. The summed E-state index contributed by atoms with van der Waals surface area (Å²) < 4.78 is 5.47. The normalized spacial score (nSPS) is 25.0. The van der Waals surface area contributed by atoms with Crippen LogP contribution in [0.3, 0.4) is 0 Å². The molecule has 1 aromatic heterocycles. The van der Waals surface area contributed by atoms with Crippen molar-refractivity contribution >= 4 is 0 Å². The van der Waals surface area contributed by atoms with E-state index in [4.69, 9.17) is 10.3 Å². The van der Waals surface area contributed by atoms with Crippen molar-refractivity contribution in [3.8, 4) is 0 Å². The minimum atomic E-state index is 0.134. The van der Waals surface area contributed by atoms with Crippen LogP contribution >= 0.6 is 0 Å². The predicted octanol–water partition coefficient (Wildman–Crippen LogP) is 3.03. The molecule has 1 aromatic rings. The van der Waals surface area contributed by atoms with E-state index in [9.17, 15) is 0 Å². The van der Waals surface area contributed by atoms with E-state index >= 15 is 0 Å². The zero-order chi connectivity index (χ0) is 13.2. The molecule has 2 atom stereocenters. The van der Waals surface area contributed by atoms with Crippen LogP contribution in [0.2, 0.25) is 0 Å². The summed E-state index contributed by atoms with van der Waals surface area (Å²) in [7, 11) is 0. The summed E-state index contributed by atoms with van der Waals surface area (Å²) in [6.07, 6.45) is 6.63. The summed E-state index contributed by atoms with van der Waals surface area (Å²) in [4.78, 5) is 4.56. The van der Waals surface area contributed by atoms with Gasteiger partial charge in [-0.2, -0.15) is 4.98 Å². The summed E-state index contributed by atoms with van der Waals surface area (Å²) in [6.45, 7) is 6.69. The highest BCUT2D eigenvalue weighted by molar-refractivity contribution is 5.03. The summed E-state index contributed by atoms with van der Waals surface area (Å²) in [5.41, 5.74) is 6.20. The standard InChI is InChI=1S/C14H25N3O/c1-4-10(15)9-12-16-13(18-17-12)11-7-5-6-8-14(11,2)3/h10-11H,4-9,15H2,1-3H3. The summed E-state index contributed by atoms with van der Waals surface area (Å²) in [5, 5.41) is 4.08. The van der Waals surface area contributed by atoms with Crippen molar-refractivity contribution in [3.63, 3.8) is 0 Å². The summed E-state index contributed by atoms with van der Waals surface area (Å²) >= 11 is 0. The molecule has 0 radical (unpaired) electrons. The molecule has 0 saturated heterocycles. The van der Waals surface area contributed by atoms with Gasteiger partial charge >= 0.3 is 0 Å². The minimum absolute atomic E-state index is 0.134. The SMILES string of the molecule is CCC(N)Cc1noc(C2CCCCC2(C)C)n1. The molecule has 0 amide bonds. The van der Waals surface area contributed by atoms with E-state index in [1.807, 2.05) is 0 Å². The van der Waals surface area contributed by atoms with Crippen molar-refractivity contribution in [2.75, 3.05) is 0 Å². The van der Waals surface area contributed by atoms with Gasteiger partial charge in [0.15, 0.2) is 5.82 Å². The van der Waals surface area contributed by atoms with Crippen molar-refractivity contribution in [1.29, 1.82) is 0 Å². The molecule has 1 aliphatic rings. The van der Waals surface area contributed by atoms with Crippen LogP contribution in [-0.4, -0.2) is 16.2 Å². The number of nitrogens with two attached hydrogens (primary N) is 1. The Morgan fingerprint density at radius 1 is 1.44 bits per heavy atom. The third-order valence-corrected chi connectivity index (χ3v) is 4.26. The average Bonchev–Trinajstić information content (AvgIpc) is 2.76. The maximum absolute atomic E-state index is 5.92. The Morgan fingerprint density at radius 2 is 2.22 bits per heavy atom. The van der Waals surface area contributed by atoms with Gasteiger partial charge < -0.3 is 10.3 Å². The van der Waals surface area contributed by atoms with Crippen molar-refractivity contribution in [3.05, 3.63) is 11.7 Å². The molecule has 2 unspecified atom stereocenters. The number of hydrogen-bond donors (Lipinski definition) is 1. The molecule has 4 nitrogen and oxygen atoms in total. The molecule has 0 spiro atoms. The molecular formula is C14H25N3O. The molecule has 18 heavy (non-hydrogen) atoms. The molecule has 1 fully saturated rings. The van der Waals surface area contributed by atoms with Crippen molar-refractivity contribution in [2.45, 2.75) is 71.3 Å². The topological polar surface area (TPSA) is 64.9 Å². The molecule has 2 rings (SSSR count). The maximum atomic E-state index is 5.92. The number of rotatable bonds is 4. The highest BCUT2D eigenvalue weighted by Crippen LogP contribution is 2.46. The second-order valence-corrected chi connectivity index (χ2v) is 6.21. The molecule has 4 heteroatoms. The fourth-order valence-corrected chi connectivity index (χ4v) is 2.82. The smallest absolute Gasteiger partial charge is 0.230 e. The third-order valence-electron chi connectivity index (χ3n) is 4.26. The van der Waals surface area contributed by atoms with Crippen LogP contribution in [0.25, 0.3) is 0 Å². The first kappa shape index (κ1) is 13.5. The van der Waals surface area contributed by atoms with Crippen LogP contribution in [0.1, 0.15) is 70.5 Å². The lowest BCUT2D eigenvalue weighted by atomic mass is 9.69. The lowest BCUT2D eigenvalue weighted by Crippen LogP contribution is -2.26. The largest absolute Gasteiger partial charge is 0.339 e. The van der Waals surface area contributed by atoms with Crippen LogP contribution in [0.4, 0.5) is 0 Å². The molecule has 1 aliphatic carbocycles. The Bertz CT molecular complexity index is 386. The van der Waals surface area contributed by atoms with Gasteiger partial charge in [0.2, 0.25) is 5.89 Å². The van der Waals surface area contributed by atoms with E-state index in [1.54, 1.807) is 0 Å². The number of hydrogen-bond acceptors (Lipinski definition) is 4. The monoisotopic (exact) mass is 251 g/mol. The van der Waals surface area contributed by atoms with Crippen molar-refractivity contribution < 1.29 is 4.52 Å². The Hall–Kier alpha value is -0.900. The first-order valence-electron chi connectivity index (χ1n) is 7.11. The Kier molecular flexibility index (Phi) is 4.05. The number of aromatic nitrogens is 2. The highest BCUT2D eigenvalue weighted by atomic mass is 16.5. The van der Waals surface area contributed by atoms with Gasteiger partial charge in [0.05, 0.1) is 0 Å². The van der Waals surface area contributed by atoms with E-state index < -0.39 is 0 Å². The second-order valence-electron chi connectivity index (χ2n) is 6.21. The zero-order valence-corrected chi connectivity index (χ0v) is 11.8. The van der Waals surface area contributed by atoms with Crippen molar-refractivity contribution in [1.82, 2.24) is 10.1 Å². The summed E-state index contributed by atoms with van der Waals surface area (Å²) in [5.74, 6) is 1.99. The minimum Gasteiger partial charge on any atom is -0.339 e. The Labute approximate surface area is 109 Å². The molecule has 102 valence electrons. The molecule has 1 saturated carbocycles. The molecule has 0 bridgehead atoms. The van der Waals surface area contributed by atoms with Gasteiger partial charge in [-0.05, 0) is 24.7 Å². The van der Waals surface area contributed by atoms with Gasteiger partial charge in [-0.1, -0.05) is 38.8 Å². The maximum Gasteiger partial charge on any atom is 0.230 e.